The second kappa shape index (κ2) is 9.55. The highest BCUT2D eigenvalue weighted by Crippen LogP contribution is 2.26. The normalized spacial score (nSPS) is 10.4. The minimum atomic E-state index is -0.272. The van der Waals surface area contributed by atoms with Crippen LogP contribution in [0.3, 0.4) is 0 Å². The van der Waals surface area contributed by atoms with Gasteiger partial charge in [0.05, 0.1) is 32.9 Å². The predicted octanol–water partition coefficient (Wildman–Crippen LogP) is 5.61. The molecule has 0 saturated heterocycles. The number of benzene rings is 2. The van der Waals surface area contributed by atoms with Gasteiger partial charge in [0.1, 0.15) is 0 Å². The van der Waals surface area contributed by atoms with E-state index in [9.17, 15) is 9.59 Å². The van der Waals surface area contributed by atoms with Crippen molar-refractivity contribution in [3.8, 4) is 0 Å². The number of nitrogens with one attached hydrogen (secondary N) is 2. The van der Waals surface area contributed by atoms with Crippen LogP contribution in [0.1, 0.15) is 0 Å². The van der Waals surface area contributed by atoms with Crippen LogP contribution in [0.2, 0.25) is 20.1 Å². The molecule has 0 spiro atoms. The molecule has 0 unspecified atom stereocenters. The van der Waals surface area contributed by atoms with Gasteiger partial charge in [0.15, 0.2) is 0 Å². The van der Waals surface area contributed by atoms with Crippen LogP contribution >= 0.6 is 58.2 Å². The third-order valence-electron chi connectivity index (χ3n) is 2.88. The Hall–Kier alpha value is -1.11. The zero-order valence-electron chi connectivity index (χ0n) is 12.6. The molecule has 0 atom stereocenters. The molecule has 0 fully saturated rings. The largest absolute Gasteiger partial charge is 0.324 e. The number of rotatable bonds is 6. The zero-order chi connectivity index (χ0) is 18.4. The molecule has 2 rings (SSSR count). The maximum Gasteiger partial charge on any atom is 0.234 e. The lowest BCUT2D eigenvalue weighted by Crippen LogP contribution is -2.18. The summed E-state index contributed by atoms with van der Waals surface area (Å²) in [5.41, 5.74) is 0.933. The number of hydrogen-bond donors (Lipinski definition) is 2. The summed E-state index contributed by atoms with van der Waals surface area (Å²) in [5, 5.41) is 6.98. The van der Waals surface area contributed by atoms with E-state index in [0.29, 0.717) is 31.5 Å². The van der Waals surface area contributed by atoms with E-state index in [1.807, 2.05) is 0 Å². The fraction of sp³-hybridized carbons (Fsp3) is 0.125. The Morgan fingerprint density at radius 3 is 1.52 bits per heavy atom. The molecule has 0 saturated carbocycles. The van der Waals surface area contributed by atoms with Crippen molar-refractivity contribution in [2.24, 2.45) is 0 Å². The molecule has 0 radical (unpaired) electrons. The second-order valence-corrected chi connectivity index (χ2v) is 7.51. The molecule has 0 aliphatic carbocycles. The van der Waals surface area contributed by atoms with Gasteiger partial charge in [-0.15, -0.1) is 11.8 Å². The van der Waals surface area contributed by atoms with Gasteiger partial charge in [0.25, 0.3) is 0 Å². The summed E-state index contributed by atoms with van der Waals surface area (Å²) in [6, 6.07) is 9.55. The zero-order valence-corrected chi connectivity index (χ0v) is 16.5. The Bertz CT molecular complexity index is 736. The minimum absolute atomic E-state index is 0.0979. The number of carbonyl (C=O) groups is 2. The lowest BCUT2D eigenvalue weighted by atomic mass is 10.3. The first-order valence-electron chi connectivity index (χ1n) is 6.92. The Kier molecular flexibility index (Phi) is 7.72. The van der Waals surface area contributed by atoms with Gasteiger partial charge in [-0.25, -0.2) is 0 Å². The van der Waals surface area contributed by atoms with Crippen LogP contribution in [0.4, 0.5) is 11.4 Å². The molecule has 0 aliphatic heterocycles. The van der Waals surface area contributed by atoms with Crippen molar-refractivity contribution in [3.63, 3.8) is 0 Å². The third kappa shape index (κ3) is 6.60. The van der Waals surface area contributed by atoms with Gasteiger partial charge in [-0.2, -0.15) is 0 Å². The molecule has 4 nitrogen and oxygen atoms in total. The first kappa shape index (κ1) is 20.2. The number of halogens is 4. The summed E-state index contributed by atoms with van der Waals surface area (Å²) in [6.07, 6.45) is 0. The summed E-state index contributed by atoms with van der Waals surface area (Å²) >= 11 is 24.7. The van der Waals surface area contributed by atoms with Crippen molar-refractivity contribution in [1.82, 2.24) is 0 Å². The summed E-state index contributed by atoms with van der Waals surface area (Å²) in [4.78, 5) is 23.8. The van der Waals surface area contributed by atoms with Gasteiger partial charge in [0.2, 0.25) is 11.8 Å². The van der Waals surface area contributed by atoms with Crippen LogP contribution in [-0.2, 0) is 9.59 Å². The summed E-state index contributed by atoms with van der Waals surface area (Å²) in [7, 11) is 0. The highest BCUT2D eigenvalue weighted by molar-refractivity contribution is 8.00. The minimum Gasteiger partial charge on any atom is -0.324 e. The highest BCUT2D eigenvalue weighted by Gasteiger charge is 2.10. The van der Waals surface area contributed by atoms with Crippen LogP contribution in [0, 0.1) is 0 Å². The molecular formula is C16H12Cl4N2O2S. The van der Waals surface area contributed by atoms with E-state index in [-0.39, 0.29) is 23.3 Å². The fourth-order valence-corrected chi connectivity index (χ4v) is 3.32. The molecule has 0 aromatic heterocycles. The maximum atomic E-state index is 11.9. The number of anilines is 2. The van der Waals surface area contributed by atoms with E-state index >= 15 is 0 Å². The van der Waals surface area contributed by atoms with Crippen LogP contribution < -0.4 is 10.6 Å². The lowest BCUT2D eigenvalue weighted by molar-refractivity contribution is -0.114. The Morgan fingerprint density at radius 2 is 1.16 bits per heavy atom. The topological polar surface area (TPSA) is 58.2 Å². The van der Waals surface area contributed by atoms with Crippen LogP contribution in [-0.4, -0.2) is 23.3 Å². The quantitative estimate of drug-likeness (QED) is 0.617. The SMILES string of the molecule is O=C(CSCC(=O)Nc1ccc(Cl)cc1Cl)Nc1ccc(Cl)cc1Cl. The highest BCUT2D eigenvalue weighted by atomic mass is 35.5. The molecule has 9 heteroatoms. The fourth-order valence-electron chi connectivity index (χ4n) is 1.79. The molecule has 2 amide bonds. The van der Waals surface area contributed by atoms with E-state index in [1.54, 1.807) is 24.3 Å². The average Bonchev–Trinajstić information content (AvgIpc) is 2.53. The molecule has 0 heterocycles. The lowest BCUT2D eigenvalue weighted by Gasteiger charge is -2.09. The molecule has 25 heavy (non-hydrogen) atoms. The van der Waals surface area contributed by atoms with Crippen molar-refractivity contribution in [2.75, 3.05) is 22.1 Å². The predicted molar refractivity (Wildman–Crippen MR) is 108 cm³/mol. The van der Waals surface area contributed by atoms with Gasteiger partial charge in [0, 0.05) is 10.0 Å². The smallest absolute Gasteiger partial charge is 0.234 e. The third-order valence-corrected chi connectivity index (χ3v) is 4.90. The van der Waals surface area contributed by atoms with Crippen LogP contribution in [0.5, 0.6) is 0 Å². The Morgan fingerprint density at radius 1 is 0.760 bits per heavy atom. The molecule has 2 aromatic carbocycles. The number of amides is 2. The van der Waals surface area contributed by atoms with E-state index < -0.39 is 0 Å². The Labute approximate surface area is 169 Å². The molecule has 0 aliphatic rings. The number of thioether (sulfide) groups is 1. The van der Waals surface area contributed by atoms with Crippen LogP contribution in [0.25, 0.3) is 0 Å². The molecule has 0 bridgehead atoms. The van der Waals surface area contributed by atoms with E-state index in [4.69, 9.17) is 46.4 Å². The summed E-state index contributed by atoms with van der Waals surface area (Å²) in [6.45, 7) is 0. The van der Waals surface area contributed by atoms with Gasteiger partial charge < -0.3 is 10.6 Å². The first-order chi connectivity index (χ1) is 11.8. The van der Waals surface area contributed by atoms with E-state index in [2.05, 4.69) is 10.6 Å². The Balaban J connectivity index is 1.77. The number of hydrogen-bond acceptors (Lipinski definition) is 3. The second-order valence-electron chi connectivity index (χ2n) is 4.84. The van der Waals surface area contributed by atoms with Crippen molar-refractivity contribution >= 4 is 81.4 Å². The molecule has 2 N–H and O–H groups in total. The molecular weight excluding hydrogens is 426 g/mol. The van der Waals surface area contributed by atoms with Gasteiger partial charge in [-0.05, 0) is 36.4 Å². The van der Waals surface area contributed by atoms with Crippen molar-refractivity contribution in [2.45, 2.75) is 0 Å². The number of carbonyl (C=O) groups excluding carboxylic acids is 2. The summed E-state index contributed by atoms with van der Waals surface area (Å²) in [5.74, 6) is -0.348. The first-order valence-corrected chi connectivity index (χ1v) is 9.59. The summed E-state index contributed by atoms with van der Waals surface area (Å²) < 4.78 is 0. The maximum absolute atomic E-state index is 11.9. The van der Waals surface area contributed by atoms with Crippen molar-refractivity contribution in [1.29, 1.82) is 0 Å². The average molecular weight is 438 g/mol. The van der Waals surface area contributed by atoms with E-state index in [1.165, 1.54) is 12.1 Å². The molecule has 132 valence electrons. The van der Waals surface area contributed by atoms with Crippen LogP contribution in [0.15, 0.2) is 36.4 Å². The monoisotopic (exact) mass is 436 g/mol. The molecule has 2 aromatic rings. The van der Waals surface area contributed by atoms with Crippen molar-refractivity contribution in [3.05, 3.63) is 56.5 Å². The standard InChI is InChI=1S/C16H12Cl4N2O2S/c17-9-1-3-13(11(19)5-9)21-15(23)7-25-8-16(24)22-14-4-2-10(18)6-12(14)20/h1-6H,7-8H2,(H,21,23)(H,22,24). The van der Waals surface area contributed by atoms with E-state index in [0.717, 1.165) is 11.8 Å². The van der Waals surface area contributed by atoms with Crippen molar-refractivity contribution < 1.29 is 9.59 Å². The van der Waals surface area contributed by atoms with Gasteiger partial charge in [-0.1, -0.05) is 46.4 Å². The van der Waals surface area contributed by atoms with Gasteiger partial charge in [-0.3, -0.25) is 9.59 Å². The van der Waals surface area contributed by atoms with Gasteiger partial charge >= 0.3 is 0 Å².